The van der Waals surface area contributed by atoms with E-state index in [2.05, 4.69) is 41.5 Å². The first kappa shape index (κ1) is 86.1. The molecule has 0 radical (unpaired) electrons. The highest BCUT2D eigenvalue weighted by atomic mass is 31.2. The maximum Gasteiger partial charge on any atom is 0.472 e. The highest BCUT2D eigenvalue weighted by molar-refractivity contribution is 7.47. The van der Waals surface area contributed by atoms with Crippen LogP contribution >= 0.6 is 15.6 Å². The second-order valence-corrected chi connectivity index (χ2v) is 28.8. The Bertz CT molecular complexity index is 1720. The quantitative estimate of drug-likeness (QED) is 0.0222. The number of hydrogen-bond donors (Lipinski definition) is 3. The standard InChI is InChI=1S/C69H134O17P2/c1-7-9-11-13-15-17-28-35-41-47-53-68(73)85-64(57-79-66(71)51-45-39-33-16-14-12-10-8-2)59-83-87(75,76)81-55-63(70)56-82-88(77,78)84-60-65(58-80-67(72)52-46-40-34-29-25-24-27-32-38-44-50-62(5)6)86-69(74)54-48-42-36-30-23-21-19-18-20-22-26-31-37-43-49-61(3)4/h61-65,70H,7-60H2,1-6H3,(H,75,76)(H,77,78)/t63-,64+,65+/m0/s1. The van der Waals surface area contributed by atoms with Gasteiger partial charge in [-0.3, -0.25) is 37.3 Å². The molecule has 3 N–H and O–H groups in total. The number of unbranched alkanes of at least 4 members (excludes halogenated alkanes) is 38. The number of ether oxygens (including phenoxy) is 4. The molecule has 88 heavy (non-hydrogen) atoms. The molecule has 0 bridgehead atoms. The van der Waals surface area contributed by atoms with Crippen LogP contribution in [0.4, 0.5) is 0 Å². The van der Waals surface area contributed by atoms with Gasteiger partial charge in [0.2, 0.25) is 0 Å². The van der Waals surface area contributed by atoms with Gasteiger partial charge in [0.05, 0.1) is 26.4 Å². The number of hydrogen-bond acceptors (Lipinski definition) is 15. The number of aliphatic hydroxyl groups is 1. The van der Waals surface area contributed by atoms with E-state index < -0.39 is 97.5 Å². The van der Waals surface area contributed by atoms with Crippen molar-refractivity contribution in [2.45, 2.75) is 368 Å². The summed E-state index contributed by atoms with van der Waals surface area (Å²) in [6.45, 7) is 9.52. The smallest absolute Gasteiger partial charge is 0.462 e. The molecule has 5 atom stereocenters. The van der Waals surface area contributed by atoms with Gasteiger partial charge in [0.15, 0.2) is 12.2 Å². The summed E-state index contributed by atoms with van der Waals surface area (Å²) in [7, 11) is -9.89. The normalized spacial score (nSPS) is 14.2. The Balaban J connectivity index is 5.21. The molecule has 0 aromatic heterocycles. The van der Waals surface area contributed by atoms with Gasteiger partial charge < -0.3 is 33.8 Å². The molecule has 0 fully saturated rings. The van der Waals surface area contributed by atoms with Crippen molar-refractivity contribution in [3.05, 3.63) is 0 Å². The lowest BCUT2D eigenvalue weighted by molar-refractivity contribution is -0.161. The van der Waals surface area contributed by atoms with Gasteiger partial charge in [-0.2, -0.15) is 0 Å². The molecule has 0 aromatic carbocycles. The van der Waals surface area contributed by atoms with Crippen molar-refractivity contribution in [2.75, 3.05) is 39.6 Å². The van der Waals surface area contributed by atoms with E-state index in [4.69, 9.17) is 37.0 Å². The van der Waals surface area contributed by atoms with Crippen LogP contribution in [0.1, 0.15) is 350 Å². The summed E-state index contributed by atoms with van der Waals surface area (Å²) in [5.74, 6) is -0.574. The third-order valence-electron chi connectivity index (χ3n) is 16.0. The summed E-state index contributed by atoms with van der Waals surface area (Å²) in [5, 5.41) is 10.6. The van der Waals surface area contributed by atoms with Crippen molar-refractivity contribution < 1.29 is 80.2 Å². The monoisotopic (exact) mass is 1300 g/mol. The summed E-state index contributed by atoms with van der Waals surface area (Å²) in [5.41, 5.74) is 0. The van der Waals surface area contributed by atoms with E-state index in [1.165, 1.54) is 161 Å². The van der Waals surface area contributed by atoms with Crippen LogP contribution in [0.2, 0.25) is 0 Å². The number of phosphoric ester groups is 2. The minimum absolute atomic E-state index is 0.106. The van der Waals surface area contributed by atoms with E-state index in [1.54, 1.807) is 0 Å². The number of aliphatic hydroxyl groups excluding tert-OH is 1. The van der Waals surface area contributed by atoms with Crippen LogP contribution < -0.4 is 0 Å². The molecule has 19 heteroatoms. The molecular weight excluding hydrogens is 1160 g/mol. The molecule has 0 spiro atoms. The van der Waals surface area contributed by atoms with Crippen LogP contribution in [-0.2, 0) is 65.4 Å². The van der Waals surface area contributed by atoms with Crippen molar-refractivity contribution in [1.82, 2.24) is 0 Å². The molecule has 522 valence electrons. The highest BCUT2D eigenvalue weighted by Crippen LogP contribution is 2.45. The lowest BCUT2D eigenvalue weighted by Crippen LogP contribution is -2.30. The van der Waals surface area contributed by atoms with Crippen LogP contribution in [0.3, 0.4) is 0 Å². The van der Waals surface area contributed by atoms with E-state index in [0.29, 0.717) is 25.7 Å². The second-order valence-electron chi connectivity index (χ2n) is 25.9. The van der Waals surface area contributed by atoms with Gasteiger partial charge in [0, 0.05) is 25.7 Å². The lowest BCUT2D eigenvalue weighted by atomic mass is 10.0. The predicted molar refractivity (Wildman–Crippen MR) is 354 cm³/mol. The van der Waals surface area contributed by atoms with Crippen molar-refractivity contribution in [2.24, 2.45) is 11.8 Å². The minimum atomic E-state index is -4.95. The molecule has 0 aliphatic rings. The van der Waals surface area contributed by atoms with Gasteiger partial charge >= 0.3 is 39.5 Å². The summed E-state index contributed by atoms with van der Waals surface area (Å²) in [4.78, 5) is 72.4. The number of carbonyl (C=O) groups is 4. The molecule has 0 aliphatic heterocycles. The van der Waals surface area contributed by atoms with Crippen LogP contribution in [0.15, 0.2) is 0 Å². The average molecular weight is 1300 g/mol. The van der Waals surface area contributed by atoms with Gasteiger partial charge in [-0.1, -0.05) is 298 Å². The van der Waals surface area contributed by atoms with E-state index in [9.17, 15) is 43.2 Å². The zero-order valence-electron chi connectivity index (χ0n) is 57.0. The molecule has 17 nitrogen and oxygen atoms in total. The zero-order valence-corrected chi connectivity index (χ0v) is 58.8. The largest absolute Gasteiger partial charge is 0.472 e. The maximum absolute atomic E-state index is 13.0. The third-order valence-corrected chi connectivity index (χ3v) is 17.9. The fourth-order valence-corrected chi connectivity index (χ4v) is 12.0. The fourth-order valence-electron chi connectivity index (χ4n) is 10.4. The van der Waals surface area contributed by atoms with Gasteiger partial charge in [-0.05, 0) is 37.5 Å². The Morgan fingerprint density at radius 2 is 0.523 bits per heavy atom. The Morgan fingerprint density at radius 1 is 0.307 bits per heavy atom. The van der Waals surface area contributed by atoms with Gasteiger partial charge in [-0.15, -0.1) is 0 Å². The molecule has 2 unspecified atom stereocenters. The van der Waals surface area contributed by atoms with E-state index in [1.807, 2.05) is 0 Å². The van der Waals surface area contributed by atoms with Crippen LogP contribution in [-0.4, -0.2) is 96.7 Å². The maximum atomic E-state index is 13.0. The first-order valence-corrected chi connectivity index (χ1v) is 39.0. The number of phosphoric acid groups is 2. The van der Waals surface area contributed by atoms with E-state index in [0.717, 1.165) is 108 Å². The molecule has 0 rings (SSSR count). The average Bonchev–Trinajstić information content (AvgIpc) is 3.67. The predicted octanol–water partition coefficient (Wildman–Crippen LogP) is 19.6. The minimum Gasteiger partial charge on any atom is -0.462 e. The molecular formula is C69H134O17P2. The molecule has 0 aromatic rings. The SMILES string of the molecule is CCCCCCCCCCCCC(=O)O[C@H](COC(=O)CCCCCCCCCC)COP(=O)(O)OC[C@H](O)COP(=O)(O)OC[C@@H](COC(=O)CCCCCCCCCCCCC(C)C)OC(=O)CCCCCCCCCCCCCCCCC(C)C. The molecule has 0 heterocycles. The van der Waals surface area contributed by atoms with Crippen molar-refractivity contribution >= 4 is 39.5 Å². The van der Waals surface area contributed by atoms with Crippen LogP contribution in [0.25, 0.3) is 0 Å². The third kappa shape index (κ3) is 62.8. The summed E-state index contributed by atoms with van der Waals surface area (Å²) in [6, 6.07) is 0. The van der Waals surface area contributed by atoms with Gasteiger partial charge in [0.25, 0.3) is 0 Å². The Morgan fingerprint density at radius 3 is 0.773 bits per heavy atom. The first-order chi connectivity index (χ1) is 42.4. The van der Waals surface area contributed by atoms with Crippen LogP contribution in [0, 0.1) is 11.8 Å². The Labute approximate surface area is 537 Å². The van der Waals surface area contributed by atoms with E-state index >= 15 is 0 Å². The number of carbonyl (C=O) groups excluding carboxylic acids is 4. The summed E-state index contributed by atoms with van der Waals surface area (Å²) in [6.07, 6.45) is 45.8. The highest BCUT2D eigenvalue weighted by Gasteiger charge is 2.30. The number of rotatable bonds is 68. The fraction of sp³-hybridized carbons (Fsp3) is 0.942. The van der Waals surface area contributed by atoms with Crippen molar-refractivity contribution in [3.63, 3.8) is 0 Å². The lowest BCUT2D eigenvalue weighted by Gasteiger charge is -2.21. The topological polar surface area (TPSA) is 237 Å². The molecule has 0 saturated carbocycles. The number of esters is 4. The molecule has 0 saturated heterocycles. The Kier molecular flexibility index (Phi) is 59.9. The Hall–Kier alpha value is -1.94. The second kappa shape index (κ2) is 61.3. The zero-order chi connectivity index (χ0) is 65.0. The molecule has 0 amide bonds. The van der Waals surface area contributed by atoms with Gasteiger partial charge in [0.1, 0.15) is 19.3 Å². The van der Waals surface area contributed by atoms with Crippen molar-refractivity contribution in [3.8, 4) is 0 Å². The summed E-state index contributed by atoms with van der Waals surface area (Å²) >= 11 is 0. The van der Waals surface area contributed by atoms with Gasteiger partial charge in [-0.25, -0.2) is 9.13 Å². The summed E-state index contributed by atoms with van der Waals surface area (Å²) < 4.78 is 68.2. The van der Waals surface area contributed by atoms with Crippen molar-refractivity contribution in [1.29, 1.82) is 0 Å². The van der Waals surface area contributed by atoms with E-state index in [-0.39, 0.29) is 25.7 Å². The first-order valence-electron chi connectivity index (χ1n) is 36.0. The van der Waals surface area contributed by atoms with Crippen LogP contribution in [0.5, 0.6) is 0 Å². The molecule has 0 aliphatic carbocycles.